The number of hydrogen-bond acceptors (Lipinski definition) is 3. The molecule has 0 heterocycles. The van der Waals surface area contributed by atoms with Gasteiger partial charge in [0, 0.05) is 0 Å². The summed E-state index contributed by atoms with van der Waals surface area (Å²) in [5, 5.41) is 0.591. The van der Waals surface area contributed by atoms with E-state index >= 15 is 0 Å². The van der Waals surface area contributed by atoms with Gasteiger partial charge in [0.1, 0.15) is 11.5 Å². The second-order valence-corrected chi connectivity index (χ2v) is 10.4. The monoisotopic (exact) mass is 534 g/mol. The van der Waals surface area contributed by atoms with E-state index in [-0.39, 0.29) is 5.97 Å². The first-order chi connectivity index (χ1) is 18.6. The van der Waals surface area contributed by atoms with Gasteiger partial charge in [-0.05, 0) is 72.4 Å². The van der Waals surface area contributed by atoms with E-state index in [9.17, 15) is 4.79 Å². The molecule has 0 saturated carbocycles. The normalized spacial score (nSPS) is 10.9. The van der Waals surface area contributed by atoms with E-state index in [1.807, 2.05) is 42.5 Å². The molecule has 3 nitrogen and oxygen atoms in total. The first-order valence-corrected chi connectivity index (χ1v) is 14.8. The lowest BCUT2D eigenvalue weighted by atomic mass is 10.0. The Morgan fingerprint density at radius 3 is 1.95 bits per heavy atom. The highest BCUT2D eigenvalue weighted by molar-refractivity contribution is 6.32. The van der Waals surface area contributed by atoms with Gasteiger partial charge in [0.15, 0.2) is 0 Å². The van der Waals surface area contributed by atoms with E-state index in [0.29, 0.717) is 28.7 Å². The second-order valence-electron chi connectivity index (χ2n) is 10.0. The van der Waals surface area contributed by atoms with Crippen LogP contribution in [0.2, 0.25) is 5.02 Å². The summed E-state index contributed by atoms with van der Waals surface area (Å²) in [7, 11) is 0. The molecular formula is C34H43ClO3. The smallest absolute Gasteiger partial charge is 0.343 e. The van der Waals surface area contributed by atoms with Crippen LogP contribution in [0, 0.1) is 0 Å². The van der Waals surface area contributed by atoms with Crippen molar-refractivity contribution in [1.82, 2.24) is 0 Å². The highest BCUT2D eigenvalue weighted by Crippen LogP contribution is 2.31. The summed E-state index contributed by atoms with van der Waals surface area (Å²) < 4.78 is 11.4. The maximum Gasteiger partial charge on any atom is 0.343 e. The van der Waals surface area contributed by atoms with Crippen molar-refractivity contribution < 1.29 is 14.3 Å². The Hall–Kier alpha value is -2.78. The topological polar surface area (TPSA) is 35.5 Å². The van der Waals surface area contributed by atoms with Crippen molar-refractivity contribution in [1.29, 1.82) is 0 Å². The molecule has 0 amide bonds. The Balaban J connectivity index is 1.45. The Labute approximate surface area is 234 Å². The molecule has 4 heteroatoms. The van der Waals surface area contributed by atoms with Gasteiger partial charge in [-0.2, -0.15) is 0 Å². The number of aryl methyl sites for hydroxylation is 1. The van der Waals surface area contributed by atoms with E-state index in [0.717, 1.165) is 36.8 Å². The van der Waals surface area contributed by atoms with Gasteiger partial charge < -0.3 is 9.47 Å². The highest BCUT2D eigenvalue weighted by Gasteiger charge is 2.10. The van der Waals surface area contributed by atoms with Crippen LogP contribution >= 0.6 is 11.6 Å². The molecule has 204 valence electrons. The third-order valence-electron chi connectivity index (χ3n) is 6.84. The predicted octanol–water partition coefficient (Wildman–Crippen LogP) is 10.5. The average Bonchev–Trinajstić information content (AvgIpc) is 2.94. The zero-order chi connectivity index (χ0) is 27.0. The zero-order valence-electron chi connectivity index (χ0n) is 23.1. The summed E-state index contributed by atoms with van der Waals surface area (Å²) in [6, 6.07) is 21.1. The molecule has 0 aliphatic heterocycles. The zero-order valence-corrected chi connectivity index (χ0v) is 23.9. The molecule has 0 bridgehead atoms. The van der Waals surface area contributed by atoms with Gasteiger partial charge in [-0.3, -0.25) is 0 Å². The van der Waals surface area contributed by atoms with Crippen LogP contribution in [0.3, 0.4) is 0 Å². The number of esters is 1. The fourth-order valence-electron chi connectivity index (χ4n) is 4.48. The largest absolute Gasteiger partial charge is 0.492 e. The molecule has 0 aliphatic rings. The molecule has 3 rings (SSSR count). The SMILES string of the molecule is CCCCCCCCCCc1ccc(OC(=O)c2ccc(-c3ccc(OCCCCC)c(Cl)c3)cc2)cc1. The first kappa shape index (κ1) is 29.8. The molecule has 0 N–H and O–H groups in total. The van der Waals surface area contributed by atoms with Crippen LogP contribution < -0.4 is 9.47 Å². The molecular weight excluding hydrogens is 492 g/mol. The summed E-state index contributed by atoms with van der Waals surface area (Å²) in [5.41, 5.74) is 3.75. The Morgan fingerprint density at radius 1 is 0.684 bits per heavy atom. The van der Waals surface area contributed by atoms with Crippen LogP contribution in [0.5, 0.6) is 11.5 Å². The maximum atomic E-state index is 12.7. The van der Waals surface area contributed by atoms with Crippen LogP contribution in [0.15, 0.2) is 66.7 Å². The van der Waals surface area contributed by atoms with Gasteiger partial charge in [-0.1, -0.05) is 114 Å². The Kier molecular flexibility index (Phi) is 13.3. The van der Waals surface area contributed by atoms with Crippen LogP contribution in [-0.2, 0) is 6.42 Å². The average molecular weight is 535 g/mol. The number of ether oxygens (including phenoxy) is 2. The molecule has 3 aromatic carbocycles. The third kappa shape index (κ3) is 10.2. The molecule has 0 radical (unpaired) electrons. The molecule has 0 aromatic heterocycles. The lowest BCUT2D eigenvalue weighted by Gasteiger charge is -2.10. The molecule has 38 heavy (non-hydrogen) atoms. The molecule has 0 fully saturated rings. The van der Waals surface area contributed by atoms with E-state index in [1.54, 1.807) is 12.1 Å². The highest BCUT2D eigenvalue weighted by atomic mass is 35.5. The number of carbonyl (C=O) groups excluding carboxylic acids is 1. The van der Waals surface area contributed by atoms with Crippen molar-refractivity contribution >= 4 is 17.6 Å². The number of carbonyl (C=O) groups is 1. The molecule has 3 aromatic rings. The van der Waals surface area contributed by atoms with Crippen molar-refractivity contribution in [2.45, 2.75) is 90.9 Å². The van der Waals surface area contributed by atoms with E-state index in [4.69, 9.17) is 21.1 Å². The minimum atomic E-state index is -0.360. The number of hydrogen-bond donors (Lipinski definition) is 0. The van der Waals surface area contributed by atoms with Gasteiger partial charge >= 0.3 is 5.97 Å². The number of benzene rings is 3. The first-order valence-electron chi connectivity index (χ1n) is 14.4. The fraction of sp³-hybridized carbons (Fsp3) is 0.441. The summed E-state index contributed by atoms with van der Waals surface area (Å²) in [6.45, 7) is 5.10. The molecule has 0 atom stereocenters. The van der Waals surface area contributed by atoms with Crippen LogP contribution in [0.1, 0.15) is 100 Å². The van der Waals surface area contributed by atoms with Gasteiger partial charge in [-0.25, -0.2) is 4.79 Å². The number of halogens is 1. The van der Waals surface area contributed by atoms with Crippen molar-refractivity contribution in [3.63, 3.8) is 0 Å². The molecule has 0 aliphatic carbocycles. The van der Waals surface area contributed by atoms with Crippen molar-refractivity contribution in [3.05, 3.63) is 82.9 Å². The van der Waals surface area contributed by atoms with E-state index in [2.05, 4.69) is 26.0 Å². The fourth-order valence-corrected chi connectivity index (χ4v) is 4.72. The van der Waals surface area contributed by atoms with Crippen LogP contribution in [-0.4, -0.2) is 12.6 Å². The van der Waals surface area contributed by atoms with Gasteiger partial charge in [0.05, 0.1) is 17.2 Å². The standard InChI is InChI=1S/C34H43ClO3/c1-3-5-7-8-9-10-11-12-14-27-15-22-31(23-16-27)38-34(36)29-19-17-28(18-20-29)30-21-24-33(32(35)26-30)37-25-13-6-4-2/h15-24,26H,3-14,25H2,1-2H3. The third-order valence-corrected chi connectivity index (χ3v) is 7.14. The maximum absolute atomic E-state index is 12.7. The minimum Gasteiger partial charge on any atom is -0.492 e. The number of rotatable bonds is 17. The molecule has 0 unspecified atom stereocenters. The van der Waals surface area contributed by atoms with Crippen LogP contribution in [0.25, 0.3) is 11.1 Å². The Morgan fingerprint density at radius 2 is 1.29 bits per heavy atom. The van der Waals surface area contributed by atoms with Crippen molar-refractivity contribution in [3.8, 4) is 22.6 Å². The van der Waals surface area contributed by atoms with E-state index in [1.165, 1.54) is 56.9 Å². The quantitative estimate of drug-likeness (QED) is 0.0981. The minimum absolute atomic E-state index is 0.360. The second kappa shape index (κ2) is 16.9. The Bertz CT molecular complexity index is 1090. The molecule has 0 saturated heterocycles. The van der Waals surface area contributed by atoms with Crippen molar-refractivity contribution in [2.24, 2.45) is 0 Å². The van der Waals surface area contributed by atoms with Crippen molar-refractivity contribution in [2.75, 3.05) is 6.61 Å². The summed E-state index contributed by atoms with van der Waals surface area (Å²) >= 11 is 6.44. The van der Waals surface area contributed by atoms with E-state index < -0.39 is 0 Å². The van der Waals surface area contributed by atoms with Gasteiger partial charge in [0.25, 0.3) is 0 Å². The van der Waals surface area contributed by atoms with Gasteiger partial charge in [-0.15, -0.1) is 0 Å². The summed E-state index contributed by atoms with van der Waals surface area (Å²) in [6.07, 6.45) is 15.0. The van der Waals surface area contributed by atoms with Gasteiger partial charge in [0.2, 0.25) is 0 Å². The summed E-state index contributed by atoms with van der Waals surface area (Å²) in [5.74, 6) is 0.914. The van der Waals surface area contributed by atoms with Crippen LogP contribution in [0.4, 0.5) is 0 Å². The number of unbranched alkanes of at least 4 members (excludes halogenated alkanes) is 9. The lowest BCUT2D eigenvalue weighted by Crippen LogP contribution is -2.08. The lowest BCUT2D eigenvalue weighted by molar-refractivity contribution is 0.0734. The molecule has 0 spiro atoms. The summed E-state index contributed by atoms with van der Waals surface area (Å²) in [4.78, 5) is 12.7. The predicted molar refractivity (Wildman–Crippen MR) is 160 cm³/mol.